The van der Waals surface area contributed by atoms with Crippen LogP contribution in [0.3, 0.4) is 0 Å². The fourth-order valence-corrected chi connectivity index (χ4v) is 5.04. The average molecular weight is 514 g/mol. The Morgan fingerprint density at radius 1 is 1.18 bits per heavy atom. The Morgan fingerprint density at radius 3 is 2.82 bits per heavy atom. The Hall–Kier alpha value is -4.25. The van der Waals surface area contributed by atoms with Crippen LogP contribution in [-0.4, -0.2) is 48.1 Å². The molecule has 11 heteroatoms. The molecule has 3 aromatic heterocycles. The third kappa shape index (κ3) is 3.99. The van der Waals surface area contributed by atoms with Crippen LogP contribution in [0.5, 0.6) is 11.6 Å². The van der Waals surface area contributed by atoms with Crippen molar-refractivity contribution in [1.29, 1.82) is 0 Å². The summed E-state index contributed by atoms with van der Waals surface area (Å²) in [5.74, 6) is 2.68. The van der Waals surface area contributed by atoms with Crippen LogP contribution in [0.15, 0.2) is 47.4 Å². The van der Waals surface area contributed by atoms with E-state index in [0.717, 1.165) is 53.6 Å². The monoisotopic (exact) mass is 513 g/mol. The molecular weight excluding hydrogens is 486 g/mol. The highest BCUT2D eigenvalue weighted by Gasteiger charge is 2.49. The maximum atomic E-state index is 12.9. The van der Waals surface area contributed by atoms with Crippen molar-refractivity contribution in [3.63, 3.8) is 0 Å². The van der Waals surface area contributed by atoms with Crippen molar-refractivity contribution in [2.45, 2.75) is 63.1 Å². The van der Waals surface area contributed by atoms with Gasteiger partial charge in [0, 0.05) is 35.2 Å². The largest absolute Gasteiger partial charge is 0.439 e. The molecule has 1 aromatic carbocycles. The third-order valence-corrected chi connectivity index (χ3v) is 7.66. The van der Waals surface area contributed by atoms with Crippen LogP contribution in [-0.2, 0) is 17.8 Å². The molecular formula is C27H27N7O4. The number of carbonyl (C=O) groups is 2. The fourth-order valence-electron chi connectivity index (χ4n) is 5.04. The highest BCUT2D eigenvalue weighted by Crippen LogP contribution is 2.41. The van der Waals surface area contributed by atoms with E-state index in [-0.39, 0.29) is 18.0 Å². The molecule has 0 spiro atoms. The molecule has 1 atom stereocenters. The van der Waals surface area contributed by atoms with Gasteiger partial charge in [-0.15, -0.1) is 0 Å². The lowest BCUT2D eigenvalue weighted by molar-refractivity contribution is -0.136. The van der Waals surface area contributed by atoms with E-state index < -0.39 is 5.54 Å². The standard InChI is InChI=1S/C27H27N7O4/c1-15-10-19-20(13-34(15)25(35)27(28)7-8-27)29-14-30-24(19)37-18-4-5-21-17(11-18)6-9-33(21)26(36)31-23-12-22(38-32-23)16-2-3-16/h4-6,9,11-12,14-16H,2-3,7-8,10,13,28H2,1H3,(H,31,32,36)/t15-/m0/s1. The van der Waals surface area contributed by atoms with Crippen molar-refractivity contribution < 1.29 is 18.8 Å². The SMILES string of the molecule is C[C@H]1Cc2c(ncnc2Oc2ccc3c(ccn3C(=O)Nc3cc(C4CC4)on3)c2)CN1C(=O)C1(N)CC1. The zero-order valence-electron chi connectivity index (χ0n) is 20.9. The lowest BCUT2D eigenvalue weighted by atomic mass is 9.98. The Labute approximate surface area is 217 Å². The molecule has 3 aliphatic rings. The van der Waals surface area contributed by atoms with Gasteiger partial charge in [0.15, 0.2) is 5.82 Å². The van der Waals surface area contributed by atoms with Crippen molar-refractivity contribution in [3.05, 3.63) is 59.9 Å². The summed E-state index contributed by atoms with van der Waals surface area (Å²) in [6.07, 6.45) is 7.39. The molecule has 1 aliphatic heterocycles. The summed E-state index contributed by atoms with van der Waals surface area (Å²) in [6.45, 7) is 2.40. The normalized spacial score (nSPS) is 19.7. The number of rotatable bonds is 5. The smallest absolute Gasteiger partial charge is 0.331 e. The van der Waals surface area contributed by atoms with E-state index >= 15 is 0 Å². The molecule has 0 radical (unpaired) electrons. The van der Waals surface area contributed by atoms with E-state index in [2.05, 4.69) is 20.4 Å². The van der Waals surface area contributed by atoms with Crippen LogP contribution in [0.2, 0.25) is 0 Å². The first-order valence-corrected chi connectivity index (χ1v) is 12.9. The Balaban J connectivity index is 1.09. The highest BCUT2D eigenvalue weighted by atomic mass is 16.5. The average Bonchev–Trinajstić information content (AvgIpc) is 3.81. The van der Waals surface area contributed by atoms with Gasteiger partial charge >= 0.3 is 6.03 Å². The van der Waals surface area contributed by atoms with E-state index in [9.17, 15) is 9.59 Å². The molecule has 4 heterocycles. The maximum absolute atomic E-state index is 12.9. The Kier molecular flexibility index (Phi) is 5.05. The molecule has 4 aromatic rings. The van der Waals surface area contributed by atoms with Gasteiger partial charge in [0.2, 0.25) is 11.8 Å². The number of amides is 2. The molecule has 0 bridgehead atoms. The zero-order chi connectivity index (χ0) is 26.0. The minimum absolute atomic E-state index is 0.0114. The molecule has 194 valence electrons. The van der Waals surface area contributed by atoms with Gasteiger partial charge in [0.05, 0.1) is 23.3 Å². The minimum Gasteiger partial charge on any atom is -0.439 e. The topological polar surface area (TPSA) is 141 Å². The second kappa shape index (κ2) is 8.38. The van der Waals surface area contributed by atoms with Gasteiger partial charge in [0.1, 0.15) is 17.8 Å². The molecule has 2 aliphatic carbocycles. The molecule has 11 nitrogen and oxygen atoms in total. The van der Waals surface area contributed by atoms with Crippen LogP contribution >= 0.6 is 0 Å². The van der Waals surface area contributed by atoms with Crippen molar-refractivity contribution in [2.75, 3.05) is 5.32 Å². The minimum atomic E-state index is -0.713. The zero-order valence-corrected chi connectivity index (χ0v) is 20.9. The van der Waals surface area contributed by atoms with Gasteiger partial charge in [-0.05, 0) is 63.3 Å². The van der Waals surface area contributed by atoms with Crippen LogP contribution in [0.1, 0.15) is 55.5 Å². The summed E-state index contributed by atoms with van der Waals surface area (Å²) < 4.78 is 13.0. The number of hydrogen-bond donors (Lipinski definition) is 2. The van der Waals surface area contributed by atoms with Gasteiger partial charge in [-0.25, -0.2) is 14.8 Å². The van der Waals surface area contributed by atoms with Crippen molar-refractivity contribution in [3.8, 4) is 11.6 Å². The maximum Gasteiger partial charge on any atom is 0.331 e. The summed E-state index contributed by atoms with van der Waals surface area (Å²) in [5.41, 5.74) is 7.84. The number of hydrogen-bond acceptors (Lipinski definition) is 8. The number of fused-ring (bicyclic) bond motifs is 2. The first-order chi connectivity index (χ1) is 18.4. The second-order valence-corrected chi connectivity index (χ2v) is 10.6. The molecule has 3 N–H and O–H groups in total. The predicted molar refractivity (Wildman–Crippen MR) is 137 cm³/mol. The number of ether oxygens (including phenoxy) is 1. The Bertz CT molecular complexity index is 1580. The van der Waals surface area contributed by atoms with E-state index in [1.807, 2.05) is 30.0 Å². The number of benzene rings is 1. The molecule has 38 heavy (non-hydrogen) atoms. The molecule has 0 unspecified atom stereocenters. The van der Waals surface area contributed by atoms with Crippen LogP contribution in [0, 0.1) is 0 Å². The van der Waals surface area contributed by atoms with Crippen molar-refractivity contribution >= 4 is 28.7 Å². The van der Waals surface area contributed by atoms with Crippen LogP contribution < -0.4 is 15.8 Å². The van der Waals surface area contributed by atoms with Gasteiger partial charge in [-0.3, -0.25) is 14.7 Å². The summed E-state index contributed by atoms with van der Waals surface area (Å²) in [7, 11) is 0. The molecule has 2 fully saturated rings. The summed E-state index contributed by atoms with van der Waals surface area (Å²) in [5, 5.41) is 7.59. The molecule has 7 rings (SSSR count). The van der Waals surface area contributed by atoms with Crippen molar-refractivity contribution in [2.24, 2.45) is 5.73 Å². The number of carbonyl (C=O) groups excluding carboxylic acids is 2. The van der Waals surface area contributed by atoms with Gasteiger partial charge in [0.25, 0.3) is 0 Å². The van der Waals surface area contributed by atoms with E-state index in [4.69, 9.17) is 15.0 Å². The summed E-state index contributed by atoms with van der Waals surface area (Å²) >= 11 is 0. The quantitative estimate of drug-likeness (QED) is 0.409. The lowest BCUT2D eigenvalue weighted by Gasteiger charge is -2.36. The summed E-state index contributed by atoms with van der Waals surface area (Å²) in [4.78, 5) is 36.4. The second-order valence-electron chi connectivity index (χ2n) is 10.6. The fraction of sp³-hybridized carbons (Fsp3) is 0.370. The number of nitrogens with two attached hydrogens (primary N) is 1. The van der Waals surface area contributed by atoms with Gasteiger partial charge in [-0.1, -0.05) is 5.16 Å². The number of nitrogens with zero attached hydrogens (tertiary/aromatic N) is 5. The van der Waals surface area contributed by atoms with E-state index in [0.29, 0.717) is 36.3 Å². The Morgan fingerprint density at radius 2 is 2.03 bits per heavy atom. The van der Waals surface area contributed by atoms with E-state index in [1.165, 1.54) is 10.9 Å². The predicted octanol–water partition coefficient (Wildman–Crippen LogP) is 3.93. The number of nitrogens with one attached hydrogen (secondary N) is 1. The van der Waals surface area contributed by atoms with Gasteiger partial charge in [-0.2, -0.15) is 0 Å². The number of aromatic nitrogens is 4. The van der Waals surface area contributed by atoms with E-state index in [1.54, 1.807) is 18.3 Å². The third-order valence-electron chi connectivity index (χ3n) is 7.66. The molecule has 0 saturated heterocycles. The molecule has 2 amide bonds. The van der Waals surface area contributed by atoms with Gasteiger partial charge < -0.3 is 19.9 Å². The number of anilines is 1. The summed E-state index contributed by atoms with van der Waals surface area (Å²) in [6, 6.07) is 8.76. The lowest BCUT2D eigenvalue weighted by Crippen LogP contribution is -2.51. The first kappa shape index (κ1) is 22.9. The van der Waals surface area contributed by atoms with Crippen molar-refractivity contribution in [1.82, 2.24) is 24.6 Å². The molecule has 2 saturated carbocycles. The highest BCUT2D eigenvalue weighted by molar-refractivity contribution is 5.98. The van der Waals surface area contributed by atoms with Crippen LogP contribution in [0.25, 0.3) is 10.9 Å². The van der Waals surface area contributed by atoms with Crippen LogP contribution in [0.4, 0.5) is 10.6 Å². The first-order valence-electron chi connectivity index (χ1n) is 12.9.